The number of nitrogens with zero attached hydrogens (tertiary/aromatic N) is 2. The second kappa shape index (κ2) is 11.2. The smallest absolute Gasteiger partial charge is 0.209 e. The molecule has 1 aliphatic heterocycles. The van der Waals surface area contributed by atoms with Crippen LogP contribution < -0.4 is 0 Å². The van der Waals surface area contributed by atoms with Crippen LogP contribution in [-0.4, -0.2) is 48.0 Å². The van der Waals surface area contributed by atoms with Crippen LogP contribution in [0.25, 0.3) is 0 Å². The minimum absolute atomic E-state index is 0.246. The molecule has 3 rings (SSSR count). The maximum Gasteiger partial charge on any atom is 0.209 e. The molecule has 164 valence electrons. The Hall–Kier alpha value is -2.33. The maximum atomic E-state index is 10.2. The Balaban J connectivity index is 0.000000248. The number of hydrogen-bond acceptors (Lipinski definition) is 3. The van der Waals surface area contributed by atoms with Gasteiger partial charge in [-0.3, -0.25) is 4.79 Å². The molecule has 2 unspecified atom stereocenters. The SMILES string of the molecule is CCc1ccc(O)cc1C1(CC)CCN(C)C(C)C1.CN(C=O)Cc1ccccc1. The molecule has 4 nitrogen and oxygen atoms in total. The molecular weight excluding hydrogens is 372 g/mol. The highest BCUT2D eigenvalue weighted by Crippen LogP contribution is 2.43. The molecule has 1 aliphatic rings. The zero-order chi connectivity index (χ0) is 22.1. The van der Waals surface area contributed by atoms with Crippen LogP contribution in [-0.2, 0) is 23.2 Å². The Bertz CT molecular complexity index is 793. The predicted octanol–water partition coefficient (Wildman–Crippen LogP) is 4.99. The van der Waals surface area contributed by atoms with Crippen molar-refractivity contribution < 1.29 is 9.90 Å². The van der Waals surface area contributed by atoms with E-state index in [0.29, 0.717) is 18.3 Å². The highest BCUT2D eigenvalue weighted by molar-refractivity contribution is 5.46. The third kappa shape index (κ3) is 6.09. The second-order valence-corrected chi connectivity index (χ2v) is 8.62. The monoisotopic (exact) mass is 410 g/mol. The highest BCUT2D eigenvalue weighted by Gasteiger charge is 2.38. The van der Waals surface area contributed by atoms with Gasteiger partial charge in [0.05, 0.1) is 0 Å². The number of likely N-dealkylation sites (tertiary alicyclic amines) is 1. The molecule has 1 fully saturated rings. The Kier molecular flexibility index (Phi) is 8.91. The Morgan fingerprint density at radius 3 is 2.47 bits per heavy atom. The summed E-state index contributed by atoms with van der Waals surface area (Å²) in [7, 11) is 3.98. The van der Waals surface area contributed by atoms with E-state index >= 15 is 0 Å². The van der Waals surface area contributed by atoms with Crippen LogP contribution in [0.5, 0.6) is 5.75 Å². The number of phenols is 1. The van der Waals surface area contributed by atoms with Gasteiger partial charge in [0.25, 0.3) is 0 Å². The molecule has 2 aromatic carbocycles. The van der Waals surface area contributed by atoms with E-state index in [0.717, 1.165) is 31.4 Å². The van der Waals surface area contributed by atoms with Crippen LogP contribution in [0.4, 0.5) is 0 Å². The summed E-state index contributed by atoms with van der Waals surface area (Å²) < 4.78 is 0. The predicted molar refractivity (Wildman–Crippen MR) is 125 cm³/mol. The van der Waals surface area contributed by atoms with E-state index in [1.165, 1.54) is 24.0 Å². The molecule has 1 N–H and O–H groups in total. The lowest BCUT2D eigenvalue weighted by Crippen LogP contribution is -2.46. The number of carbonyl (C=O) groups excluding carboxylic acids is 1. The normalized spacial score (nSPS) is 21.4. The molecular formula is C26H38N2O2. The quantitative estimate of drug-likeness (QED) is 0.682. The minimum atomic E-state index is 0.246. The third-order valence-corrected chi connectivity index (χ3v) is 6.56. The van der Waals surface area contributed by atoms with Gasteiger partial charge in [-0.25, -0.2) is 0 Å². The molecule has 0 spiro atoms. The largest absolute Gasteiger partial charge is 0.508 e. The first-order valence-electron chi connectivity index (χ1n) is 11.1. The summed E-state index contributed by atoms with van der Waals surface area (Å²) in [5.74, 6) is 0.409. The van der Waals surface area contributed by atoms with E-state index < -0.39 is 0 Å². The van der Waals surface area contributed by atoms with Crippen LogP contribution in [0, 0.1) is 0 Å². The average molecular weight is 411 g/mol. The van der Waals surface area contributed by atoms with E-state index in [4.69, 9.17) is 0 Å². The van der Waals surface area contributed by atoms with Gasteiger partial charge >= 0.3 is 0 Å². The minimum Gasteiger partial charge on any atom is -0.508 e. The second-order valence-electron chi connectivity index (χ2n) is 8.62. The van der Waals surface area contributed by atoms with Crippen LogP contribution in [0.15, 0.2) is 48.5 Å². The van der Waals surface area contributed by atoms with Gasteiger partial charge in [-0.1, -0.05) is 50.2 Å². The number of carbonyl (C=O) groups is 1. The van der Waals surface area contributed by atoms with E-state index in [-0.39, 0.29) is 5.41 Å². The molecule has 1 heterocycles. The van der Waals surface area contributed by atoms with Gasteiger partial charge in [0.15, 0.2) is 0 Å². The summed E-state index contributed by atoms with van der Waals surface area (Å²) in [6, 6.07) is 16.4. The lowest BCUT2D eigenvalue weighted by atomic mass is 9.67. The van der Waals surface area contributed by atoms with Gasteiger partial charge in [-0.05, 0) is 80.4 Å². The first-order chi connectivity index (χ1) is 14.3. The fourth-order valence-electron chi connectivity index (χ4n) is 4.47. The third-order valence-electron chi connectivity index (χ3n) is 6.56. The van der Waals surface area contributed by atoms with Crippen molar-refractivity contribution in [3.05, 3.63) is 65.2 Å². The molecule has 0 saturated carbocycles. The molecule has 30 heavy (non-hydrogen) atoms. The van der Waals surface area contributed by atoms with Crippen molar-refractivity contribution in [3.63, 3.8) is 0 Å². The van der Waals surface area contributed by atoms with Crippen LogP contribution in [0.1, 0.15) is 56.7 Å². The molecule has 4 heteroatoms. The highest BCUT2D eigenvalue weighted by atomic mass is 16.3. The fraction of sp³-hybridized carbons (Fsp3) is 0.500. The number of phenolic OH excluding ortho intramolecular Hbond substituents is 1. The topological polar surface area (TPSA) is 43.8 Å². The first kappa shape index (κ1) is 23.9. The molecule has 0 radical (unpaired) electrons. The van der Waals surface area contributed by atoms with E-state index in [1.807, 2.05) is 42.5 Å². The Labute approximate surface area is 182 Å². The van der Waals surface area contributed by atoms with Crippen molar-refractivity contribution in [1.82, 2.24) is 9.80 Å². The molecule has 0 aromatic heterocycles. The summed E-state index contributed by atoms with van der Waals surface area (Å²) in [5.41, 5.74) is 4.19. The summed E-state index contributed by atoms with van der Waals surface area (Å²) in [6.07, 6.45) is 5.41. The van der Waals surface area contributed by atoms with Crippen molar-refractivity contribution in [2.75, 3.05) is 20.6 Å². The summed E-state index contributed by atoms with van der Waals surface area (Å²) in [6.45, 7) is 8.65. The molecule has 1 amide bonds. The number of aromatic hydroxyl groups is 1. The maximum absolute atomic E-state index is 10.2. The number of aryl methyl sites for hydroxylation is 1. The first-order valence-corrected chi connectivity index (χ1v) is 11.1. The number of rotatable bonds is 6. The molecule has 0 aliphatic carbocycles. The Morgan fingerprint density at radius 1 is 1.20 bits per heavy atom. The summed E-state index contributed by atoms with van der Waals surface area (Å²) in [5, 5.41) is 9.88. The van der Waals surface area contributed by atoms with E-state index in [1.54, 1.807) is 11.9 Å². The molecule has 2 aromatic rings. The summed E-state index contributed by atoms with van der Waals surface area (Å²) >= 11 is 0. The zero-order valence-electron chi connectivity index (χ0n) is 19.3. The average Bonchev–Trinajstić information content (AvgIpc) is 2.77. The lowest BCUT2D eigenvalue weighted by Gasteiger charge is -2.45. The van der Waals surface area contributed by atoms with Gasteiger partial charge < -0.3 is 14.9 Å². The summed E-state index contributed by atoms with van der Waals surface area (Å²) in [4.78, 5) is 14.3. The van der Waals surface area contributed by atoms with Crippen LogP contribution >= 0.6 is 0 Å². The van der Waals surface area contributed by atoms with Crippen molar-refractivity contribution >= 4 is 6.41 Å². The van der Waals surface area contributed by atoms with Gasteiger partial charge in [0, 0.05) is 19.6 Å². The standard InChI is InChI=1S/C17H27NO.C9H11NO/c1-5-14-7-8-15(19)11-16(14)17(6-2)9-10-18(4)13(3)12-17;1-10(8-11)7-9-5-3-2-4-6-9/h7-8,11,13,19H,5-6,9-10,12H2,1-4H3;2-6,8H,7H2,1H3. The van der Waals surface area contributed by atoms with Crippen LogP contribution in [0.2, 0.25) is 0 Å². The van der Waals surface area contributed by atoms with Gasteiger partial charge in [-0.2, -0.15) is 0 Å². The van der Waals surface area contributed by atoms with Crippen molar-refractivity contribution in [3.8, 4) is 5.75 Å². The van der Waals surface area contributed by atoms with Crippen molar-refractivity contribution in [1.29, 1.82) is 0 Å². The van der Waals surface area contributed by atoms with Crippen molar-refractivity contribution in [2.45, 2.75) is 64.5 Å². The fourth-order valence-corrected chi connectivity index (χ4v) is 4.47. The number of amides is 1. The molecule has 1 saturated heterocycles. The van der Waals surface area contributed by atoms with E-state index in [2.05, 4.69) is 38.8 Å². The Morgan fingerprint density at radius 2 is 1.90 bits per heavy atom. The zero-order valence-corrected chi connectivity index (χ0v) is 19.3. The number of piperidine rings is 1. The number of hydrogen-bond donors (Lipinski definition) is 1. The van der Waals surface area contributed by atoms with E-state index in [9.17, 15) is 9.90 Å². The lowest BCUT2D eigenvalue weighted by molar-refractivity contribution is -0.117. The van der Waals surface area contributed by atoms with Gasteiger partial charge in [0.1, 0.15) is 5.75 Å². The van der Waals surface area contributed by atoms with Gasteiger partial charge in [-0.15, -0.1) is 0 Å². The van der Waals surface area contributed by atoms with Gasteiger partial charge in [0.2, 0.25) is 6.41 Å². The van der Waals surface area contributed by atoms with Crippen LogP contribution in [0.3, 0.4) is 0 Å². The molecule has 0 bridgehead atoms. The number of benzene rings is 2. The molecule has 2 atom stereocenters. The van der Waals surface area contributed by atoms with Crippen molar-refractivity contribution in [2.24, 2.45) is 0 Å².